The fourth-order valence-corrected chi connectivity index (χ4v) is 4.66. The summed E-state index contributed by atoms with van der Waals surface area (Å²) in [6, 6.07) is 25.2. The molecule has 8 heteroatoms. The Kier molecular flexibility index (Phi) is 8.82. The molecule has 1 aliphatic heterocycles. The van der Waals surface area contributed by atoms with Gasteiger partial charge in [0.25, 0.3) is 11.8 Å². The van der Waals surface area contributed by atoms with Crippen LogP contribution in [0, 0.1) is 0 Å². The molecule has 214 valence electrons. The van der Waals surface area contributed by atoms with Crippen LogP contribution < -0.4 is 24.4 Å². The Bertz CT molecular complexity index is 1640. The minimum Gasteiger partial charge on any atom is -0.494 e. The van der Waals surface area contributed by atoms with Crippen molar-refractivity contribution in [3.63, 3.8) is 0 Å². The van der Waals surface area contributed by atoms with Gasteiger partial charge in [0.05, 0.1) is 18.9 Å². The minimum atomic E-state index is -0.811. The summed E-state index contributed by atoms with van der Waals surface area (Å²) in [5.74, 6) is 0.148. The van der Waals surface area contributed by atoms with Crippen molar-refractivity contribution >= 4 is 40.4 Å². The van der Waals surface area contributed by atoms with Crippen LogP contribution in [0.2, 0.25) is 0 Å². The highest BCUT2D eigenvalue weighted by atomic mass is 16.5. The van der Waals surface area contributed by atoms with Gasteiger partial charge in [-0.1, -0.05) is 61.9 Å². The van der Waals surface area contributed by atoms with E-state index in [0.717, 1.165) is 34.1 Å². The SMILES string of the molecule is CCCCOc1ccc(N2C(=O)NC(=O)/C(=C/c3ccc(OCc4cccc5ccccc45)c(OCC)c3)C2=O)cc1. The molecular weight excluding hydrogens is 532 g/mol. The number of fused-ring (bicyclic) bond motifs is 1. The van der Waals surface area contributed by atoms with Crippen LogP contribution in [-0.2, 0) is 16.2 Å². The van der Waals surface area contributed by atoms with Crippen molar-refractivity contribution in [1.29, 1.82) is 0 Å². The molecule has 0 unspecified atom stereocenters. The molecule has 0 aliphatic carbocycles. The molecule has 0 bridgehead atoms. The molecule has 0 aromatic heterocycles. The number of unbranched alkanes of at least 4 members (excludes halogenated alkanes) is 1. The second-order valence-corrected chi connectivity index (χ2v) is 9.72. The van der Waals surface area contributed by atoms with Gasteiger partial charge in [-0.05, 0) is 77.7 Å². The van der Waals surface area contributed by atoms with Crippen LogP contribution in [0.5, 0.6) is 17.2 Å². The number of urea groups is 1. The summed E-state index contributed by atoms with van der Waals surface area (Å²) in [5, 5.41) is 4.50. The lowest BCUT2D eigenvalue weighted by molar-refractivity contribution is -0.122. The minimum absolute atomic E-state index is 0.176. The predicted octanol–water partition coefficient (Wildman–Crippen LogP) is 6.66. The van der Waals surface area contributed by atoms with Gasteiger partial charge in [-0.15, -0.1) is 0 Å². The number of nitrogens with zero attached hydrogens (tertiary/aromatic N) is 1. The normalized spacial score (nSPS) is 14.3. The molecule has 5 rings (SSSR count). The van der Waals surface area contributed by atoms with E-state index in [-0.39, 0.29) is 5.57 Å². The summed E-state index contributed by atoms with van der Waals surface area (Å²) in [6.45, 7) is 5.25. The fourth-order valence-electron chi connectivity index (χ4n) is 4.66. The molecule has 1 fully saturated rings. The van der Waals surface area contributed by atoms with Crippen molar-refractivity contribution in [2.24, 2.45) is 0 Å². The Morgan fingerprint density at radius 3 is 2.38 bits per heavy atom. The fraction of sp³-hybridized carbons (Fsp3) is 0.206. The van der Waals surface area contributed by atoms with Gasteiger partial charge in [0.2, 0.25) is 0 Å². The summed E-state index contributed by atoms with van der Waals surface area (Å²) < 4.78 is 17.6. The zero-order chi connectivity index (χ0) is 29.5. The van der Waals surface area contributed by atoms with E-state index in [4.69, 9.17) is 14.2 Å². The van der Waals surface area contributed by atoms with Gasteiger partial charge in [0.1, 0.15) is 17.9 Å². The number of hydrogen-bond acceptors (Lipinski definition) is 6. The first-order valence-electron chi connectivity index (χ1n) is 14.0. The average Bonchev–Trinajstić information content (AvgIpc) is 3.00. The molecule has 8 nitrogen and oxygen atoms in total. The second kappa shape index (κ2) is 13.0. The maximum atomic E-state index is 13.4. The third-order valence-electron chi connectivity index (χ3n) is 6.80. The number of ether oxygens (including phenoxy) is 3. The van der Waals surface area contributed by atoms with E-state index in [0.29, 0.717) is 48.3 Å². The number of imide groups is 2. The van der Waals surface area contributed by atoms with E-state index < -0.39 is 17.8 Å². The summed E-state index contributed by atoms with van der Waals surface area (Å²) in [4.78, 5) is 39.7. The van der Waals surface area contributed by atoms with Crippen LogP contribution in [0.3, 0.4) is 0 Å². The van der Waals surface area contributed by atoms with Gasteiger partial charge in [0.15, 0.2) is 11.5 Å². The molecule has 1 aliphatic rings. The Morgan fingerprint density at radius 1 is 0.810 bits per heavy atom. The number of rotatable bonds is 11. The molecule has 4 aromatic carbocycles. The molecule has 4 aromatic rings. The molecule has 0 radical (unpaired) electrons. The molecule has 0 atom stereocenters. The van der Waals surface area contributed by atoms with E-state index in [1.54, 1.807) is 42.5 Å². The van der Waals surface area contributed by atoms with Crippen LogP contribution in [-0.4, -0.2) is 31.1 Å². The van der Waals surface area contributed by atoms with Gasteiger partial charge < -0.3 is 14.2 Å². The summed E-state index contributed by atoms with van der Waals surface area (Å²) >= 11 is 0. The topological polar surface area (TPSA) is 94.2 Å². The Labute approximate surface area is 244 Å². The number of hydrogen-bond donors (Lipinski definition) is 1. The molecular formula is C34H32N2O6. The maximum Gasteiger partial charge on any atom is 0.335 e. The summed E-state index contributed by atoms with van der Waals surface area (Å²) in [5.41, 5.74) is 1.73. The number of nitrogens with one attached hydrogen (secondary N) is 1. The van der Waals surface area contributed by atoms with Gasteiger partial charge in [-0.25, -0.2) is 9.69 Å². The zero-order valence-corrected chi connectivity index (χ0v) is 23.6. The van der Waals surface area contributed by atoms with E-state index in [9.17, 15) is 14.4 Å². The number of benzene rings is 4. The van der Waals surface area contributed by atoms with Gasteiger partial charge in [-0.2, -0.15) is 0 Å². The van der Waals surface area contributed by atoms with E-state index in [1.165, 1.54) is 6.08 Å². The first kappa shape index (κ1) is 28.4. The molecule has 1 N–H and O–H groups in total. The monoisotopic (exact) mass is 564 g/mol. The molecule has 42 heavy (non-hydrogen) atoms. The van der Waals surface area contributed by atoms with Crippen molar-refractivity contribution in [2.45, 2.75) is 33.3 Å². The Morgan fingerprint density at radius 2 is 1.60 bits per heavy atom. The lowest BCUT2D eigenvalue weighted by Crippen LogP contribution is -2.54. The number of amides is 4. The smallest absolute Gasteiger partial charge is 0.335 e. The highest BCUT2D eigenvalue weighted by Crippen LogP contribution is 2.32. The summed E-state index contributed by atoms with van der Waals surface area (Å²) in [6.07, 6.45) is 3.38. The Balaban J connectivity index is 1.36. The highest BCUT2D eigenvalue weighted by Gasteiger charge is 2.36. The lowest BCUT2D eigenvalue weighted by atomic mass is 10.1. The molecule has 4 amide bonds. The van der Waals surface area contributed by atoms with Gasteiger partial charge in [-0.3, -0.25) is 14.9 Å². The first-order chi connectivity index (χ1) is 20.5. The van der Waals surface area contributed by atoms with Crippen LogP contribution >= 0.6 is 0 Å². The highest BCUT2D eigenvalue weighted by molar-refractivity contribution is 6.39. The lowest BCUT2D eigenvalue weighted by Gasteiger charge is -2.26. The number of barbiturate groups is 1. The van der Waals surface area contributed by atoms with Crippen molar-refractivity contribution < 1.29 is 28.6 Å². The number of carbonyl (C=O) groups excluding carboxylic acids is 3. The van der Waals surface area contributed by atoms with Crippen LogP contribution in [0.15, 0.2) is 90.5 Å². The van der Waals surface area contributed by atoms with Crippen molar-refractivity contribution in [1.82, 2.24) is 5.32 Å². The molecule has 0 spiro atoms. The third-order valence-corrected chi connectivity index (χ3v) is 6.80. The second-order valence-electron chi connectivity index (χ2n) is 9.72. The Hall–Kier alpha value is -5.11. The largest absolute Gasteiger partial charge is 0.494 e. The van der Waals surface area contributed by atoms with Gasteiger partial charge >= 0.3 is 6.03 Å². The summed E-state index contributed by atoms with van der Waals surface area (Å²) in [7, 11) is 0. The molecule has 1 saturated heterocycles. The van der Waals surface area contributed by atoms with Crippen molar-refractivity contribution in [3.05, 3.63) is 102 Å². The molecule has 0 saturated carbocycles. The number of anilines is 1. The van der Waals surface area contributed by atoms with Gasteiger partial charge in [0, 0.05) is 0 Å². The van der Waals surface area contributed by atoms with E-state index in [1.807, 2.05) is 31.2 Å². The number of carbonyl (C=O) groups is 3. The van der Waals surface area contributed by atoms with Crippen LogP contribution in [0.1, 0.15) is 37.8 Å². The predicted molar refractivity (Wildman–Crippen MR) is 162 cm³/mol. The average molecular weight is 565 g/mol. The standard InChI is InChI=1S/C34H32N2O6/c1-3-5-19-41-27-16-14-26(15-17-27)36-33(38)29(32(37)35-34(36)39)20-23-13-18-30(31(21-23)40-4-2)42-22-25-11-8-10-24-9-6-7-12-28(24)25/h6-18,20-21H,3-5,19,22H2,1-2H3,(H,35,37,39)/b29-20-. The first-order valence-corrected chi connectivity index (χ1v) is 14.0. The van der Waals surface area contributed by atoms with E-state index >= 15 is 0 Å². The van der Waals surface area contributed by atoms with E-state index in [2.05, 4.69) is 30.4 Å². The van der Waals surface area contributed by atoms with Crippen molar-refractivity contribution in [2.75, 3.05) is 18.1 Å². The van der Waals surface area contributed by atoms with Crippen LogP contribution in [0.4, 0.5) is 10.5 Å². The molecule has 1 heterocycles. The zero-order valence-electron chi connectivity index (χ0n) is 23.6. The third kappa shape index (κ3) is 6.28. The van der Waals surface area contributed by atoms with Crippen molar-refractivity contribution in [3.8, 4) is 17.2 Å². The quantitative estimate of drug-likeness (QED) is 0.124. The van der Waals surface area contributed by atoms with Crippen LogP contribution in [0.25, 0.3) is 16.8 Å². The maximum absolute atomic E-state index is 13.4.